The number of allylic oxidation sites excluding steroid dienone is 2. The topological polar surface area (TPSA) is 75.6 Å². The molecule has 0 saturated heterocycles. The molecule has 0 radical (unpaired) electrons. The van der Waals surface area contributed by atoms with Crippen molar-refractivity contribution in [2.24, 2.45) is 11.8 Å². The lowest BCUT2D eigenvalue weighted by atomic mass is 9.82. The Morgan fingerprint density at radius 1 is 1.29 bits per heavy atom. The number of halogens is 1. The molecule has 0 aromatic heterocycles. The summed E-state index contributed by atoms with van der Waals surface area (Å²) in [5.41, 5.74) is 0.439. The van der Waals surface area contributed by atoms with Crippen molar-refractivity contribution in [2.75, 3.05) is 12.4 Å². The van der Waals surface area contributed by atoms with Crippen LogP contribution >= 0.6 is 11.6 Å². The second-order valence-electron chi connectivity index (χ2n) is 4.83. The van der Waals surface area contributed by atoms with E-state index in [4.69, 9.17) is 16.3 Å². The Bertz CT molecular complexity index is 585. The maximum atomic E-state index is 12.4. The van der Waals surface area contributed by atoms with Gasteiger partial charge in [0.1, 0.15) is 5.75 Å². The van der Waals surface area contributed by atoms with E-state index in [-0.39, 0.29) is 5.91 Å². The lowest BCUT2D eigenvalue weighted by Crippen LogP contribution is -2.34. The summed E-state index contributed by atoms with van der Waals surface area (Å²) in [6, 6.07) is 4.87. The Balaban J connectivity index is 2.19. The van der Waals surface area contributed by atoms with Crippen molar-refractivity contribution in [1.82, 2.24) is 0 Å². The predicted octanol–water partition coefficient (Wildman–Crippen LogP) is 2.95. The first-order valence-corrected chi connectivity index (χ1v) is 6.93. The van der Waals surface area contributed by atoms with Gasteiger partial charge < -0.3 is 15.2 Å². The summed E-state index contributed by atoms with van der Waals surface area (Å²) in [6.07, 6.45) is 4.40. The van der Waals surface area contributed by atoms with Gasteiger partial charge in [-0.15, -0.1) is 0 Å². The summed E-state index contributed by atoms with van der Waals surface area (Å²) < 4.78 is 5.16. The van der Waals surface area contributed by atoms with E-state index in [2.05, 4.69) is 5.32 Å². The van der Waals surface area contributed by atoms with Gasteiger partial charge >= 0.3 is 5.97 Å². The van der Waals surface area contributed by atoms with Crippen molar-refractivity contribution < 1.29 is 19.4 Å². The first kappa shape index (κ1) is 15.4. The quantitative estimate of drug-likeness (QED) is 0.838. The first-order valence-electron chi connectivity index (χ1n) is 6.55. The van der Waals surface area contributed by atoms with Gasteiger partial charge in [-0.3, -0.25) is 9.59 Å². The summed E-state index contributed by atoms with van der Waals surface area (Å²) in [4.78, 5) is 23.6. The summed E-state index contributed by atoms with van der Waals surface area (Å²) in [6.45, 7) is 0. The second kappa shape index (κ2) is 6.63. The summed E-state index contributed by atoms with van der Waals surface area (Å²) in [5, 5.41) is 12.4. The third-order valence-electron chi connectivity index (χ3n) is 3.51. The number of benzene rings is 1. The average molecular weight is 310 g/mol. The van der Waals surface area contributed by atoms with Gasteiger partial charge in [-0.1, -0.05) is 23.8 Å². The molecule has 6 heteroatoms. The summed E-state index contributed by atoms with van der Waals surface area (Å²) in [7, 11) is 1.49. The van der Waals surface area contributed by atoms with Crippen molar-refractivity contribution in [3.63, 3.8) is 0 Å². The number of carboxylic acids is 1. The van der Waals surface area contributed by atoms with Gasteiger partial charge in [0.25, 0.3) is 0 Å². The van der Waals surface area contributed by atoms with Crippen molar-refractivity contribution in [2.45, 2.75) is 12.8 Å². The number of rotatable bonds is 4. The monoisotopic (exact) mass is 309 g/mol. The molecule has 5 nitrogen and oxygen atoms in total. The highest BCUT2D eigenvalue weighted by molar-refractivity contribution is 6.31. The van der Waals surface area contributed by atoms with Gasteiger partial charge in [0.2, 0.25) is 5.91 Å². The lowest BCUT2D eigenvalue weighted by molar-refractivity contribution is -0.146. The Labute approximate surface area is 127 Å². The molecule has 1 amide bonds. The zero-order valence-electron chi connectivity index (χ0n) is 11.5. The van der Waals surface area contributed by atoms with Gasteiger partial charge in [0, 0.05) is 5.02 Å². The highest BCUT2D eigenvalue weighted by Crippen LogP contribution is 2.31. The number of amides is 1. The number of anilines is 1. The smallest absolute Gasteiger partial charge is 0.307 e. The van der Waals surface area contributed by atoms with Crippen LogP contribution in [0.4, 0.5) is 5.69 Å². The molecule has 0 spiro atoms. The summed E-state index contributed by atoms with van der Waals surface area (Å²) >= 11 is 5.91. The van der Waals surface area contributed by atoms with E-state index in [0.29, 0.717) is 29.3 Å². The van der Waals surface area contributed by atoms with Crippen LogP contribution in [0.5, 0.6) is 5.75 Å². The van der Waals surface area contributed by atoms with Gasteiger partial charge in [-0.25, -0.2) is 0 Å². The number of hydrogen-bond acceptors (Lipinski definition) is 3. The van der Waals surface area contributed by atoms with Gasteiger partial charge in [0.15, 0.2) is 0 Å². The number of carbonyl (C=O) groups excluding carboxylic acids is 1. The van der Waals surface area contributed by atoms with Crippen LogP contribution in [-0.4, -0.2) is 24.1 Å². The molecule has 1 aliphatic carbocycles. The van der Waals surface area contributed by atoms with E-state index in [1.165, 1.54) is 7.11 Å². The minimum Gasteiger partial charge on any atom is -0.495 e. The fraction of sp³-hybridized carbons (Fsp3) is 0.333. The lowest BCUT2D eigenvalue weighted by Gasteiger charge is -2.24. The normalized spacial score (nSPS) is 20.9. The molecule has 0 saturated carbocycles. The molecule has 0 fully saturated rings. The van der Waals surface area contributed by atoms with E-state index < -0.39 is 17.8 Å². The molecule has 2 atom stereocenters. The number of carbonyl (C=O) groups is 2. The van der Waals surface area contributed by atoms with Crippen molar-refractivity contribution >= 4 is 29.2 Å². The standard InChI is InChI=1S/C15H16ClNO4/c1-21-13-7-6-9(16)8-12(13)17-14(18)10-4-2-3-5-11(10)15(19)20/h2-3,6-8,10-11H,4-5H2,1H3,(H,17,18)(H,19,20)/t10-,11-/m0/s1. The van der Waals surface area contributed by atoms with Crippen LogP contribution in [0.3, 0.4) is 0 Å². The van der Waals surface area contributed by atoms with Gasteiger partial charge in [0.05, 0.1) is 24.6 Å². The molecule has 1 aliphatic rings. The van der Waals surface area contributed by atoms with Crippen LogP contribution < -0.4 is 10.1 Å². The molecule has 0 unspecified atom stereocenters. The van der Waals surface area contributed by atoms with Gasteiger partial charge in [-0.2, -0.15) is 0 Å². The molecule has 1 aromatic carbocycles. The molecule has 2 rings (SSSR count). The van der Waals surface area contributed by atoms with Gasteiger partial charge in [-0.05, 0) is 31.0 Å². The van der Waals surface area contributed by atoms with Crippen LogP contribution in [0.25, 0.3) is 0 Å². The molecule has 21 heavy (non-hydrogen) atoms. The number of methoxy groups -OCH3 is 1. The third kappa shape index (κ3) is 3.55. The number of ether oxygens (including phenoxy) is 1. The Morgan fingerprint density at radius 2 is 1.95 bits per heavy atom. The zero-order valence-corrected chi connectivity index (χ0v) is 12.3. The molecule has 2 N–H and O–H groups in total. The number of carboxylic acid groups (broad SMARTS) is 1. The minimum absolute atomic E-state index is 0.340. The molecule has 0 bridgehead atoms. The van der Waals surface area contributed by atoms with E-state index in [1.54, 1.807) is 24.3 Å². The molecular formula is C15H16ClNO4. The van der Waals surface area contributed by atoms with E-state index >= 15 is 0 Å². The van der Waals surface area contributed by atoms with Crippen LogP contribution in [0.1, 0.15) is 12.8 Å². The third-order valence-corrected chi connectivity index (χ3v) is 3.74. The largest absolute Gasteiger partial charge is 0.495 e. The predicted molar refractivity (Wildman–Crippen MR) is 79.6 cm³/mol. The Morgan fingerprint density at radius 3 is 2.57 bits per heavy atom. The van der Waals surface area contributed by atoms with E-state index in [9.17, 15) is 14.7 Å². The first-order chi connectivity index (χ1) is 10.0. The van der Waals surface area contributed by atoms with Crippen molar-refractivity contribution in [3.05, 3.63) is 35.4 Å². The zero-order chi connectivity index (χ0) is 15.4. The average Bonchev–Trinajstić information content (AvgIpc) is 2.47. The van der Waals surface area contributed by atoms with Crippen molar-refractivity contribution in [3.8, 4) is 5.75 Å². The van der Waals surface area contributed by atoms with Crippen LogP contribution in [-0.2, 0) is 9.59 Å². The fourth-order valence-electron chi connectivity index (χ4n) is 2.38. The van der Waals surface area contributed by atoms with E-state index in [0.717, 1.165) is 0 Å². The number of nitrogens with one attached hydrogen (secondary N) is 1. The molecular weight excluding hydrogens is 294 g/mol. The minimum atomic E-state index is -0.961. The fourth-order valence-corrected chi connectivity index (χ4v) is 2.55. The SMILES string of the molecule is COc1ccc(Cl)cc1NC(=O)[C@H]1CC=CC[C@@H]1C(=O)O. The molecule has 112 valence electrons. The maximum absolute atomic E-state index is 12.4. The Hall–Kier alpha value is -2.01. The highest BCUT2D eigenvalue weighted by atomic mass is 35.5. The number of aliphatic carboxylic acids is 1. The number of hydrogen-bond donors (Lipinski definition) is 2. The molecule has 0 heterocycles. The Kier molecular flexibility index (Phi) is 4.85. The van der Waals surface area contributed by atoms with Crippen LogP contribution in [0.15, 0.2) is 30.4 Å². The molecule has 1 aromatic rings. The highest BCUT2D eigenvalue weighted by Gasteiger charge is 2.34. The van der Waals surface area contributed by atoms with Crippen molar-refractivity contribution in [1.29, 1.82) is 0 Å². The summed E-state index contributed by atoms with van der Waals surface area (Å²) in [5.74, 6) is -2.13. The second-order valence-corrected chi connectivity index (χ2v) is 5.26. The molecule has 0 aliphatic heterocycles. The van der Waals surface area contributed by atoms with Crippen LogP contribution in [0.2, 0.25) is 5.02 Å². The maximum Gasteiger partial charge on any atom is 0.307 e. The van der Waals surface area contributed by atoms with Crippen LogP contribution in [0, 0.1) is 11.8 Å². The van der Waals surface area contributed by atoms with E-state index in [1.807, 2.05) is 6.08 Å².